The SMILES string of the molecule is CC/C=C\C/C=C\C/C=C\C/C=C\C/C=C\C/C=C\C/C=C\C/C=C\C/C=C\C/C=C\CCCCC(=O)OC(COC(=O)CCCCCCCCCCCCCCCC/C=C\C/C=C\C/C=C\C/C=C\C/C=C\C/C=C\C/C=C\C/C=C\CC)COP(=O)([O-])OCC[N+](C)(C)C. The molecule has 10 heteroatoms. The largest absolute Gasteiger partial charge is 0.756 e. The zero-order chi connectivity index (χ0) is 69.7. The van der Waals surface area contributed by atoms with Gasteiger partial charge in [0.25, 0.3) is 7.82 Å². The molecule has 0 aliphatic heterocycles. The van der Waals surface area contributed by atoms with Crippen molar-refractivity contribution in [2.75, 3.05) is 47.5 Å². The molecular weight excluding hydrogens is 1210 g/mol. The Morgan fingerprint density at radius 3 is 0.854 bits per heavy atom. The summed E-state index contributed by atoms with van der Waals surface area (Å²) in [6.45, 7) is 3.94. The van der Waals surface area contributed by atoms with E-state index in [0.717, 1.165) is 148 Å². The molecule has 0 aromatic heterocycles. The Bertz CT molecular complexity index is 2430. The number of phosphoric acid groups is 1. The molecule has 0 aliphatic carbocycles. The van der Waals surface area contributed by atoms with E-state index in [1.165, 1.54) is 70.6 Å². The van der Waals surface area contributed by atoms with Crippen LogP contribution in [0, 0.1) is 0 Å². The second-order valence-corrected chi connectivity index (χ2v) is 26.6. The van der Waals surface area contributed by atoms with Crippen molar-refractivity contribution in [3.63, 3.8) is 0 Å². The average molecular weight is 1340 g/mol. The van der Waals surface area contributed by atoms with E-state index in [1.807, 2.05) is 21.1 Å². The van der Waals surface area contributed by atoms with E-state index >= 15 is 0 Å². The summed E-state index contributed by atoms with van der Waals surface area (Å²) >= 11 is 0. The molecule has 0 saturated heterocycles. The van der Waals surface area contributed by atoms with Crippen LogP contribution in [-0.2, 0) is 32.7 Å². The van der Waals surface area contributed by atoms with Crippen LogP contribution in [0.3, 0.4) is 0 Å². The zero-order valence-corrected chi connectivity index (χ0v) is 62.1. The van der Waals surface area contributed by atoms with Crippen LogP contribution in [0.2, 0.25) is 0 Å². The van der Waals surface area contributed by atoms with Gasteiger partial charge in [0.15, 0.2) is 6.10 Å². The smallest absolute Gasteiger partial charge is 0.306 e. The number of carbonyl (C=O) groups excluding carboxylic acids is 2. The molecule has 0 N–H and O–H groups in total. The van der Waals surface area contributed by atoms with Crippen LogP contribution < -0.4 is 4.89 Å². The van der Waals surface area contributed by atoms with Crippen LogP contribution >= 0.6 is 7.82 Å². The van der Waals surface area contributed by atoms with Crippen LogP contribution in [0.15, 0.2) is 219 Å². The molecule has 0 rings (SSSR count). The van der Waals surface area contributed by atoms with Gasteiger partial charge in [0.05, 0.1) is 27.7 Å². The maximum Gasteiger partial charge on any atom is 0.306 e. The lowest BCUT2D eigenvalue weighted by Crippen LogP contribution is -2.37. The lowest BCUT2D eigenvalue weighted by Gasteiger charge is -2.28. The van der Waals surface area contributed by atoms with Crippen LogP contribution in [0.25, 0.3) is 0 Å². The number of rotatable bonds is 66. The average Bonchev–Trinajstić information content (AvgIpc) is 1.48. The first-order valence-electron chi connectivity index (χ1n) is 37.4. The molecule has 0 radical (unpaired) electrons. The number of esters is 2. The Kier molecular flexibility index (Phi) is 69.2. The zero-order valence-electron chi connectivity index (χ0n) is 61.2. The standard InChI is InChI=1S/C86H136NO8P/c1-6-8-10-12-14-16-18-20-22-24-26-28-30-32-34-36-38-40-41-42-43-44-45-47-48-50-52-54-56-58-60-62-64-66-68-70-72-74-76-78-85(88)92-82-84(83-94-96(90,91)93-81-80-87(3,4)5)95-86(89)79-77-75-73-71-69-67-65-63-61-59-57-55-53-51-49-46-39-37-35-33-31-29-27-25-23-21-19-17-15-13-11-9-7-2/h8-11,14-17,20-23,26-29,32-35,38-40,42-43,45-47,51,53,57,59,63,65,69,71,84H,6-7,12-13,18-19,24-25,30-31,36-37,41,44,48-50,52,54-56,58,60-62,64,66-68,70,72-83H2,1-5H3/b10-8-,11-9-,16-14-,17-15-,22-20-,23-21-,28-26-,29-27-,34-32-,35-33-,40-38-,43-42-,46-39-,47-45-,53-51-,59-57-,65-63-,71-69-. The Labute approximate surface area is 588 Å². The van der Waals surface area contributed by atoms with E-state index < -0.39 is 32.5 Å². The number of hydrogen-bond donors (Lipinski definition) is 0. The summed E-state index contributed by atoms with van der Waals surface area (Å²) in [5.74, 6) is -0.899. The Hall–Kier alpha value is -5.67. The van der Waals surface area contributed by atoms with Gasteiger partial charge in [-0.1, -0.05) is 310 Å². The van der Waals surface area contributed by atoms with Gasteiger partial charge in [0.2, 0.25) is 0 Å². The molecule has 96 heavy (non-hydrogen) atoms. The Morgan fingerprint density at radius 1 is 0.323 bits per heavy atom. The first-order valence-corrected chi connectivity index (χ1v) is 38.9. The fourth-order valence-corrected chi connectivity index (χ4v) is 10.1. The minimum atomic E-state index is -4.67. The van der Waals surface area contributed by atoms with Gasteiger partial charge in [0.1, 0.15) is 19.8 Å². The molecule has 0 heterocycles. The second kappa shape index (κ2) is 73.6. The van der Waals surface area contributed by atoms with Crippen molar-refractivity contribution in [1.29, 1.82) is 0 Å². The van der Waals surface area contributed by atoms with E-state index in [1.54, 1.807) is 0 Å². The fourth-order valence-electron chi connectivity index (χ4n) is 9.35. The van der Waals surface area contributed by atoms with E-state index in [9.17, 15) is 19.0 Å². The van der Waals surface area contributed by atoms with Crippen LogP contribution in [-0.4, -0.2) is 70.0 Å². The van der Waals surface area contributed by atoms with E-state index in [2.05, 4.69) is 233 Å². The van der Waals surface area contributed by atoms with Crippen molar-refractivity contribution in [3.05, 3.63) is 219 Å². The maximum atomic E-state index is 12.9. The van der Waals surface area contributed by atoms with Crippen molar-refractivity contribution in [2.45, 2.75) is 264 Å². The second-order valence-electron chi connectivity index (χ2n) is 25.2. The van der Waals surface area contributed by atoms with Gasteiger partial charge in [0, 0.05) is 12.8 Å². The molecule has 0 saturated carbocycles. The van der Waals surface area contributed by atoms with Crippen LogP contribution in [0.5, 0.6) is 0 Å². The highest BCUT2D eigenvalue weighted by molar-refractivity contribution is 7.45. The Balaban J connectivity index is 4.16. The molecule has 0 bridgehead atoms. The minimum absolute atomic E-state index is 0.0508. The summed E-state index contributed by atoms with van der Waals surface area (Å²) in [7, 11) is 1.11. The van der Waals surface area contributed by atoms with Gasteiger partial charge in [-0.25, -0.2) is 0 Å². The van der Waals surface area contributed by atoms with E-state index in [-0.39, 0.29) is 26.1 Å². The molecular formula is C86H136NO8P. The van der Waals surface area contributed by atoms with Crippen molar-refractivity contribution in [2.24, 2.45) is 0 Å². The number of allylic oxidation sites excluding steroid dienone is 36. The topological polar surface area (TPSA) is 111 Å². The molecule has 2 unspecified atom stereocenters. The summed E-state index contributed by atoms with van der Waals surface area (Å²) in [5.41, 5.74) is 0. The third kappa shape index (κ3) is 77.3. The number of quaternary nitrogens is 1. The lowest BCUT2D eigenvalue weighted by molar-refractivity contribution is -0.870. The third-order valence-corrected chi connectivity index (χ3v) is 16.0. The number of hydrogen-bond acceptors (Lipinski definition) is 8. The molecule has 0 aliphatic rings. The lowest BCUT2D eigenvalue weighted by atomic mass is 10.0. The van der Waals surface area contributed by atoms with Gasteiger partial charge < -0.3 is 27.9 Å². The molecule has 0 amide bonds. The molecule has 0 aromatic rings. The maximum absolute atomic E-state index is 12.9. The normalized spacial score (nSPS) is 14.4. The number of phosphoric ester groups is 1. The fraction of sp³-hybridized carbons (Fsp3) is 0.558. The highest BCUT2D eigenvalue weighted by Gasteiger charge is 2.22. The predicted molar refractivity (Wildman–Crippen MR) is 415 cm³/mol. The summed E-state index contributed by atoms with van der Waals surface area (Å²) in [6.07, 6.45) is 117. The predicted octanol–water partition coefficient (Wildman–Crippen LogP) is 24.5. The number of carbonyl (C=O) groups is 2. The number of likely N-dealkylation sites (N-methyl/N-ethyl adjacent to an activating group) is 1. The molecule has 538 valence electrons. The van der Waals surface area contributed by atoms with Crippen molar-refractivity contribution in [3.8, 4) is 0 Å². The quantitative estimate of drug-likeness (QED) is 0.0195. The van der Waals surface area contributed by atoms with Crippen molar-refractivity contribution in [1.82, 2.24) is 0 Å². The van der Waals surface area contributed by atoms with Crippen LogP contribution in [0.1, 0.15) is 258 Å². The van der Waals surface area contributed by atoms with Crippen molar-refractivity contribution < 1.29 is 42.1 Å². The number of nitrogens with zero attached hydrogens (tertiary/aromatic N) is 1. The first-order chi connectivity index (χ1) is 47.0. The highest BCUT2D eigenvalue weighted by Crippen LogP contribution is 2.38. The summed E-state index contributed by atoms with van der Waals surface area (Å²) in [5, 5.41) is 0. The van der Waals surface area contributed by atoms with Crippen molar-refractivity contribution >= 4 is 19.8 Å². The minimum Gasteiger partial charge on any atom is -0.756 e. The van der Waals surface area contributed by atoms with Gasteiger partial charge >= 0.3 is 11.9 Å². The summed E-state index contributed by atoms with van der Waals surface area (Å²) < 4.78 is 34.3. The highest BCUT2D eigenvalue weighted by atomic mass is 31.2. The van der Waals surface area contributed by atoms with Crippen LogP contribution in [0.4, 0.5) is 0 Å². The van der Waals surface area contributed by atoms with Gasteiger partial charge in [-0.2, -0.15) is 0 Å². The van der Waals surface area contributed by atoms with Gasteiger partial charge in [-0.3, -0.25) is 14.2 Å². The van der Waals surface area contributed by atoms with E-state index in [0.29, 0.717) is 23.9 Å². The van der Waals surface area contributed by atoms with E-state index in [4.69, 9.17) is 18.5 Å². The Morgan fingerprint density at radius 2 is 0.562 bits per heavy atom. The third-order valence-electron chi connectivity index (χ3n) is 15.0. The molecule has 0 spiro atoms. The summed E-state index contributed by atoms with van der Waals surface area (Å²) in [6, 6.07) is 0. The van der Waals surface area contributed by atoms with Gasteiger partial charge in [-0.05, 0) is 154 Å². The van der Waals surface area contributed by atoms with Gasteiger partial charge in [-0.15, -0.1) is 0 Å². The molecule has 0 aromatic carbocycles. The molecule has 9 nitrogen and oxygen atoms in total. The monoisotopic (exact) mass is 1340 g/mol. The number of unbranched alkanes of at least 4 members (excludes halogenated alkanes) is 16. The molecule has 0 fully saturated rings. The molecule has 2 atom stereocenters. The number of ether oxygens (including phenoxy) is 2. The first kappa shape index (κ1) is 90.3. The summed E-state index contributed by atoms with van der Waals surface area (Å²) in [4.78, 5) is 38.1.